The predicted molar refractivity (Wildman–Crippen MR) is 81.4 cm³/mol. The first kappa shape index (κ1) is 14.4. The lowest BCUT2D eigenvalue weighted by Crippen LogP contribution is -2.58. The second-order valence-corrected chi connectivity index (χ2v) is 5.29. The van der Waals surface area contributed by atoms with E-state index in [0.717, 1.165) is 22.2 Å². The van der Waals surface area contributed by atoms with Gasteiger partial charge in [0.25, 0.3) is 0 Å². The predicted octanol–water partition coefficient (Wildman–Crippen LogP) is 0.946. The van der Waals surface area contributed by atoms with Crippen molar-refractivity contribution < 1.29 is 14.3 Å². The van der Waals surface area contributed by atoms with Crippen molar-refractivity contribution in [2.24, 2.45) is 5.73 Å². The van der Waals surface area contributed by atoms with Gasteiger partial charge in [0.2, 0.25) is 5.91 Å². The summed E-state index contributed by atoms with van der Waals surface area (Å²) in [6.45, 7) is 0.449. The van der Waals surface area contributed by atoms with Crippen molar-refractivity contribution in [3.8, 4) is 5.75 Å². The normalized spacial score (nSPS) is 18.6. The van der Waals surface area contributed by atoms with E-state index in [1.165, 1.54) is 4.90 Å². The molecule has 1 aromatic carbocycles. The van der Waals surface area contributed by atoms with Gasteiger partial charge in [-0.2, -0.15) is 0 Å². The molecule has 4 N–H and O–H groups in total. The van der Waals surface area contributed by atoms with Crippen LogP contribution in [0.2, 0.25) is 0 Å². The molecule has 1 aromatic heterocycles. The number of rotatable bonds is 4. The standard InChI is InChI=1S/C15H18N4O3/c1-22-10-2-3-12-11(6-10)9(8-17-12)4-5-19-13(16)7-14(20)18-15(19)21/h2-3,6,8,13,17H,4-5,7,16H2,1H3,(H,18,20,21). The minimum atomic E-state index is -0.569. The van der Waals surface area contributed by atoms with E-state index in [4.69, 9.17) is 10.5 Å². The minimum absolute atomic E-state index is 0.132. The molecule has 1 aliphatic heterocycles. The first-order chi connectivity index (χ1) is 10.6. The average Bonchev–Trinajstić information content (AvgIpc) is 2.88. The van der Waals surface area contributed by atoms with Crippen molar-refractivity contribution in [2.45, 2.75) is 19.0 Å². The molecule has 0 radical (unpaired) electrons. The summed E-state index contributed by atoms with van der Waals surface area (Å²) in [5.41, 5.74) is 7.96. The lowest BCUT2D eigenvalue weighted by Gasteiger charge is -2.32. The van der Waals surface area contributed by atoms with Crippen molar-refractivity contribution in [3.63, 3.8) is 0 Å². The molecule has 0 spiro atoms. The van der Waals surface area contributed by atoms with Crippen molar-refractivity contribution in [1.29, 1.82) is 0 Å². The maximum atomic E-state index is 11.8. The van der Waals surface area contributed by atoms with Crippen LogP contribution in [-0.4, -0.2) is 41.6 Å². The van der Waals surface area contributed by atoms with Crippen LogP contribution >= 0.6 is 0 Å². The molecule has 3 amide bonds. The molecule has 0 saturated carbocycles. The number of nitrogens with zero attached hydrogens (tertiary/aromatic N) is 1. The number of carbonyl (C=O) groups excluding carboxylic acids is 2. The highest BCUT2D eigenvalue weighted by Gasteiger charge is 2.29. The second kappa shape index (κ2) is 5.69. The third kappa shape index (κ3) is 2.62. The zero-order chi connectivity index (χ0) is 15.7. The third-order valence-electron chi connectivity index (χ3n) is 3.90. The molecule has 1 atom stereocenters. The molecule has 0 bridgehead atoms. The Morgan fingerprint density at radius 2 is 2.23 bits per heavy atom. The number of methoxy groups -OCH3 is 1. The number of H-pyrrole nitrogens is 1. The zero-order valence-corrected chi connectivity index (χ0v) is 12.3. The second-order valence-electron chi connectivity index (χ2n) is 5.29. The van der Waals surface area contributed by atoms with Crippen molar-refractivity contribution >= 4 is 22.8 Å². The number of hydrogen-bond acceptors (Lipinski definition) is 4. The average molecular weight is 302 g/mol. The van der Waals surface area contributed by atoms with E-state index < -0.39 is 12.2 Å². The number of hydrogen-bond donors (Lipinski definition) is 3. The monoisotopic (exact) mass is 302 g/mol. The van der Waals surface area contributed by atoms with Crippen LogP contribution < -0.4 is 15.8 Å². The minimum Gasteiger partial charge on any atom is -0.497 e. The maximum Gasteiger partial charge on any atom is 0.325 e. The zero-order valence-electron chi connectivity index (χ0n) is 12.3. The largest absolute Gasteiger partial charge is 0.497 e. The number of urea groups is 1. The Labute approximate surface area is 127 Å². The number of aromatic amines is 1. The van der Waals surface area contributed by atoms with Crippen LogP contribution in [0, 0.1) is 0 Å². The lowest BCUT2D eigenvalue weighted by molar-refractivity contribution is -0.122. The van der Waals surface area contributed by atoms with Gasteiger partial charge in [0, 0.05) is 23.6 Å². The summed E-state index contributed by atoms with van der Waals surface area (Å²) < 4.78 is 5.24. The first-order valence-corrected chi connectivity index (χ1v) is 7.08. The number of ether oxygens (including phenoxy) is 1. The van der Waals surface area contributed by atoms with Gasteiger partial charge in [-0.1, -0.05) is 0 Å². The first-order valence-electron chi connectivity index (χ1n) is 7.08. The topological polar surface area (TPSA) is 100 Å². The summed E-state index contributed by atoms with van der Waals surface area (Å²) >= 11 is 0. The fourth-order valence-electron chi connectivity index (χ4n) is 2.69. The summed E-state index contributed by atoms with van der Waals surface area (Å²) in [7, 11) is 1.63. The number of fused-ring (bicyclic) bond motifs is 1. The molecule has 2 aromatic rings. The fraction of sp³-hybridized carbons (Fsp3) is 0.333. The molecule has 1 unspecified atom stereocenters. The molecule has 22 heavy (non-hydrogen) atoms. The Balaban J connectivity index is 1.76. The van der Waals surface area contributed by atoms with Crippen LogP contribution in [0.5, 0.6) is 5.75 Å². The van der Waals surface area contributed by atoms with E-state index in [1.54, 1.807) is 7.11 Å². The number of imide groups is 1. The van der Waals surface area contributed by atoms with Crippen LogP contribution in [0.4, 0.5) is 4.79 Å². The molecule has 0 aliphatic carbocycles. The molecule has 7 nitrogen and oxygen atoms in total. The number of carbonyl (C=O) groups is 2. The van der Waals surface area contributed by atoms with Crippen LogP contribution in [0.15, 0.2) is 24.4 Å². The van der Waals surface area contributed by atoms with E-state index in [0.29, 0.717) is 13.0 Å². The van der Waals surface area contributed by atoms with Crippen molar-refractivity contribution in [1.82, 2.24) is 15.2 Å². The van der Waals surface area contributed by atoms with Gasteiger partial charge in [-0.3, -0.25) is 10.1 Å². The SMILES string of the molecule is COc1ccc2[nH]cc(CCN3C(=O)NC(=O)CC3N)c2c1. The highest BCUT2D eigenvalue weighted by molar-refractivity contribution is 5.97. The van der Waals surface area contributed by atoms with Gasteiger partial charge in [-0.15, -0.1) is 0 Å². The summed E-state index contributed by atoms with van der Waals surface area (Å²) in [4.78, 5) is 27.8. The Morgan fingerprint density at radius 3 is 2.95 bits per heavy atom. The summed E-state index contributed by atoms with van der Waals surface area (Å²) in [5, 5.41) is 3.34. The molecular weight excluding hydrogens is 284 g/mol. The van der Waals surface area contributed by atoms with E-state index in [1.807, 2.05) is 24.4 Å². The Hall–Kier alpha value is -2.54. The van der Waals surface area contributed by atoms with E-state index in [-0.39, 0.29) is 12.3 Å². The number of aromatic nitrogens is 1. The van der Waals surface area contributed by atoms with E-state index >= 15 is 0 Å². The Kier molecular flexibility index (Phi) is 3.72. The number of amides is 3. The van der Waals surface area contributed by atoms with E-state index in [2.05, 4.69) is 10.3 Å². The van der Waals surface area contributed by atoms with Gasteiger partial charge >= 0.3 is 6.03 Å². The van der Waals surface area contributed by atoms with Crippen molar-refractivity contribution in [2.75, 3.05) is 13.7 Å². The number of nitrogens with one attached hydrogen (secondary N) is 2. The van der Waals surface area contributed by atoms with Gasteiger partial charge in [-0.05, 0) is 30.2 Å². The third-order valence-corrected chi connectivity index (χ3v) is 3.90. The summed E-state index contributed by atoms with van der Waals surface area (Å²) in [6.07, 6.45) is 2.12. The summed E-state index contributed by atoms with van der Waals surface area (Å²) in [5.74, 6) is 0.456. The van der Waals surface area contributed by atoms with Crippen LogP contribution in [0.25, 0.3) is 10.9 Å². The molecule has 1 fully saturated rings. The number of benzene rings is 1. The lowest BCUT2D eigenvalue weighted by atomic mass is 10.1. The fourth-order valence-corrected chi connectivity index (χ4v) is 2.69. The molecule has 3 rings (SSSR count). The van der Waals surface area contributed by atoms with Gasteiger partial charge in [0.1, 0.15) is 5.75 Å². The van der Waals surface area contributed by atoms with Gasteiger partial charge in [-0.25, -0.2) is 4.79 Å². The Bertz CT molecular complexity index is 725. The van der Waals surface area contributed by atoms with Crippen LogP contribution in [0.1, 0.15) is 12.0 Å². The molecule has 2 heterocycles. The summed E-state index contributed by atoms with van der Waals surface area (Å²) in [6, 6.07) is 5.37. The molecule has 1 aliphatic rings. The molecular formula is C15H18N4O3. The van der Waals surface area contributed by atoms with Gasteiger partial charge in [0.05, 0.1) is 19.7 Å². The molecule has 116 valence electrons. The highest BCUT2D eigenvalue weighted by Crippen LogP contribution is 2.24. The van der Waals surface area contributed by atoms with Crippen molar-refractivity contribution in [3.05, 3.63) is 30.0 Å². The van der Waals surface area contributed by atoms with Crippen LogP contribution in [-0.2, 0) is 11.2 Å². The molecule has 7 heteroatoms. The smallest absolute Gasteiger partial charge is 0.325 e. The van der Waals surface area contributed by atoms with Gasteiger partial charge < -0.3 is 20.4 Å². The Morgan fingerprint density at radius 1 is 1.41 bits per heavy atom. The maximum absolute atomic E-state index is 11.8. The number of nitrogens with two attached hydrogens (primary N) is 1. The van der Waals surface area contributed by atoms with E-state index in [9.17, 15) is 9.59 Å². The van der Waals surface area contributed by atoms with Gasteiger partial charge in [0.15, 0.2) is 0 Å². The van der Waals surface area contributed by atoms with Crippen LogP contribution in [0.3, 0.4) is 0 Å². The molecule has 1 saturated heterocycles. The quantitative estimate of drug-likeness (QED) is 0.782. The highest BCUT2D eigenvalue weighted by atomic mass is 16.5.